The molecule has 1 aromatic carbocycles. The number of β-amino-alcohol motifs (C(OH)–C–C–N with tert-alkyl or cyclic N) is 1. The monoisotopic (exact) mass is 292 g/mol. The zero-order chi connectivity index (χ0) is 15.1. The van der Waals surface area contributed by atoms with E-state index >= 15 is 0 Å². The lowest BCUT2D eigenvalue weighted by atomic mass is 10.1. The minimum atomic E-state index is -0.407. The van der Waals surface area contributed by atoms with Crippen LogP contribution in [0.1, 0.15) is 31.4 Å². The van der Waals surface area contributed by atoms with Gasteiger partial charge in [-0.05, 0) is 25.3 Å². The normalized spacial score (nSPS) is 23.0. The van der Waals surface area contributed by atoms with E-state index in [2.05, 4.69) is 10.6 Å². The predicted octanol–water partition coefficient (Wildman–Crippen LogP) is 0.993. The Hall–Kier alpha value is -1.43. The Balaban J connectivity index is 1.57. The lowest BCUT2D eigenvalue weighted by Gasteiger charge is -2.14. The number of carbonyl (C=O) groups excluding carboxylic acids is 1. The molecule has 0 radical (unpaired) electrons. The van der Waals surface area contributed by atoms with Crippen molar-refractivity contribution in [1.29, 1.82) is 0 Å². The molecule has 0 aliphatic carbocycles. The number of benzene rings is 1. The van der Waals surface area contributed by atoms with E-state index in [1.165, 1.54) is 0 Å². The topological polar surface area (TPSA) is 70.6 Å². The highest BCUT2D eigenvalue weighted by atomic mass is 16.5. The van der Waals surface area contributed by atoms with Crippen molar-refractivity contribution in [3.05, 3.63) is 35.9 Å². The van der Waals surface area contributed by atoms with Crippen molar-refractivity contribution in [3.63, 3.8) is 0 Å². The molecule has 21 heavy (non-hydrogen) atoms. The summed E-state index contributed by atoms with van der Waals surface area (Å²) in [5.74, 6) is -0.0392. The average molecular weight is 292 g/mol. The lowest BCUT2D eigenvalue weighted by molar-refractivity contribution is -0.123. The standard InChI is InChI=1S/C16H24N2O3/c1-12(13-6-3-2-4-7-13)21-9-5-8-17-16(20)15-10-14(19)11-18-15/h2-4,6-7,12,14-15,18-19H,5,8-11H2,1H3,(H,17,20)/t12-,14-,15+/m0/s1. The minimum absolute atomic E-state index is 0.0392. The first-order valence-corrected chi connectivity index (χ1v) is 7.52. The van der Waals surface area contributed by atoms with Gasteiger partial charge in [0, 0.05) is 19.7 Å². The minimum Gasteiger partial charge on any atom is -0.392 e. The van der Waals surface area contributed by atoms with Gasteiger partial charge >= 0.3 is 0 Å². The molecule has 1 aliphatic heterocycles. The molecule has 0 spiro atoms. The molecule has 0 bridgehead atoms. The number of carbonyl (C=O) groups is 1. The quantitative estimate of drug-likeness (QED) is 0.656. The highest BCUT2D eigenvalue weighted by Gasteiger charge is 2.27. The van der Waals surface area contributed by atoms with E-state index in [1.54, 1.807) is 0 Å². The van der Waals surface area contributed by atoms with Gasteiger partial charge in [0.05, 0.1) is 18.2 Å². The third-order valence-corrected chi connectivity index (χ3v) is 3.68. The van der Waals surface area contributed by atoms with Crippen molar-refractivity contribution in [2.24, 2.45) is 0 Å². The van der Waals surface area contributed by atoms with Crippen LogP contribution in [0, 0.1) is 0 Å². The van der Waals surface area contributed by atoms with Crippen LogP contribution in [0.5, 0.6) is 0 Å². The molecule has 0 saturated carbocycles. The predicted molar refractivity (Wildman–Crippen MR) is 80.9 cm³/mol. The second-order valence-corrected chi connectivity index (χ2v) is 5.42. The number of hydrogen-bond acceptors (Lipinski definition) is 4. The highest BCUT2D eigenvalue weighted by molar-refractivity contribution is 5.82. The van der Waals surface area contributed by atoms with Crippen molar-refractivity contribution < 1.29 is 14.6 Å². The summed E-state index contributed by atoms with van der Waals surface area (Å²) in [7, 11) is 0. The van der Waals surface area contributed by atoms with Gasteiger partial charge < -0.3 is 20.5 Å². The first-order valence-electron chi connectivity index (χ1n) is 7.52. The van der Waals surface area contributed by atoms with Gasteiger partial charge in [0.2, 0.25) is 5.91 Å². The van der Waals surface area contributed by atoms with Gasteiger partial charge in [-0.3, -0.25) is 4.79 Å². The Morgan fingerprint density at radius 1 is 1.48 bits per heavy atom. The summed E-state index contributed by atoms with van der Waals surface area (Å²) in [5, 5.41) is 15.2. The molecule has 3 atom stereocenters. The van der Waals surface area contributed by atoms with E-state index in [-0.39, 0.29) is 18.1 Å². The number of aliphatic hydroxyl groups excluding tert-OH is 1. The van der Waals surface area contributed by atoms with Crippen LogP contribution in [0.15, 0.2) is 30.3 Å². The van der Waals surface area contributed by atoms with E-state index in [9.17, 15) is 9.90 Å². The third kappa shape index (κ3) is 5.12. The third-order valence-electron chi connectivity index (χ3n) is 3.68. The summed E-state index contributed by atoms with van der Waals surface area (Å²) < 4.78 is 5.75. The zero-order valence-corrected chi connectivity index (χ0v) is 12.4. The van der Waals surface area contributed by atoms with Gasteiger partial charge in [-0.25, -0.2) is 0 Å². The number of rotatable bonds is 7. The maximum Gasteiger partial charge on any atom is 0.237 e. The van der Waals surface area contributed by atoms with Gasteiger partial charge in [-0.1, -0.05) is 30.3 Å². The fourth-order valence-corrected chi connectivity index (χ4v) is 2.40. The Morgan fingerprint density at radius 2 is 2.24 bits per heavy atom. The van der Waals surface area contributed by atoms with E-state index in [0.29, 0.717) is 26.1 Å². The van der Waals surface area contributed by atoms with E-state index in [1.807, 2.05) is 37.3 Å². The summed E-state index contributed by atoms with van der Waals surface area (Å²) in [4.78, 5) is 11.8. The van der Waals surface area contributed by atoms with Crippen LogP contribution in [0.2, 0.25) is 0 Å². The number of hydrogen-bond donors (Lipinski definition) is 3. The average Bonchev–Trinajstić information content (AvgIpc) is 2.94. The molecule has 5 heteroatoms. The van der Waals surface area contributed by atoms with Gasteiger partial charge in [0.15, 0.2) is 0 Å². The first-order chi connectivity index (χ1) is 10.2. The Kier molecular flexibility index (Phi) is 6.17. The molecule has 1 aliphatic rings. The highest BCUT2D eigenvalue weighted by Crippen LogP contribution is 2.15. The molecular weight excluding hydrogens is 268 g/mol. The summed E-state index contributed by atoms with van der Waals surface area (Å²) in [6, 6.07) is 9.81. The van der Waals surface area contributed by atoms with Crippen molar-refractivity contribution in [2.75, 3.05) is 19.7 Å². The second-order valence-electron chi connectivity index (χ2n) is 5.42. The lowest BCUT2D eigenvalue weighted by Crippen LogP contribution is -2.40. The molecule has 3 N–H and O–H groups in total. The summed E-state index contributed by atoms with van der Waals surface area (Å²) in [6.07, 6.45) is 0.926. The maximum atomic E-state index is 11.8. The molecule has 1 aromatic rings. The van der Waals surface area contributed by atoms with Crippen LogP contribution in [0.3, 0.4) is 0 Å². The Labute approximate surface area is 125 Å². The van der Waals surface area contributed by atoms with Crippen molar-refractivity contribution in [1.82, 2.24) is 10.6 Å². The van der Waals surface area contributed by atoms with Gasteiger partial charge in [-0.15, -0.1) is 0 Å². The molecule has 1 fully saturated rings. The molecule has 0 aromatic heterocycles. The maximum absolute atomic E-state index is 11.8. The van der Waals surface area contributed by atoms with E-state index in [4.69, 9.17) is 4.74 Å². The van der Waals surface area contributed by atoms with Crippen molar-refractivity contribution >= 4 is 5.91 Å². The van der Waals surface area contributed by atoms with Gasteiger partial charge in [-0.2, -0.15) is 0 Å². The number of amides is 1. The smallest absolute Gasteiger partial charge is 0.237 e. The van der Waals surface area contributed by atoms with Crippen LogP contribution in [-0.2, 0) is 9.53 Å². The molecule has 5 nitrogen and oxygen atoms in total. The number of aliphatic hydroxyl groups is 1. The molecular formula is C16H24N2O3. The van der Waals surface area contributed by atoms with Crippen LogP contribution in [-0.4, -0.2) is 42.9 Å². The fourth-order valence-electron chi connectivity index (χ4n) is 2.40. The molecule has 1 saturated heterocycles. The Morgan fingerprint density at radius 3 is 2.90 bits per heavy atom. The molecule has 1 amide bonds. The zero-order valence-electron chi connectivity index (χ0n) is 12.4. The number of nitrogens with one attached hydrogen (secondary N) is 2. The molecule has 1 heterocycles. The summed E-state index contributed by atoms with van der Waals surface area (Å²) in [6.45, 7) is 3.72. The number of ether oxygens (including phenoxy) is 1. The van der Waals surface area contributed by atoms with Gasteiger partial charge in [0.1, 0.15) is 0 Å². The fraction of sp³-hybridized carbons (Fsp3) is 0.562. The van der Waals surface area contributed by atoms with E-state index in [0.717, 1.165) is 12.0 Å². The van der Waals surface area contributed by atoms with Crippen LogP contribution >= 0.6 is 0 Å². The first kappa shape index (κ1) is 15.9. The summed E-state index contributed by atoms with van der Waals surface area (Å²) >= 11 is 0. The molecule has 0 unspecified atom stereocenters. The van der Waals surface area contributed by atoms with Crippen LogP contribution < -0.4 is 10.6 Å². The Bertz CT molecular complexity index is 438. The van der Waals surface area contributed by atoms with Crippen LogP contribution in [0.25, 0.3) is 0 Å². The van der Waals surface area contributed by atoms with Crippen molar-refractivity contribution in [3.8, 4) is 0 Å². The second kappa shape index (κ2) is 8.12. The van der Waals surface area contributed by atoms with Crippen molar-refractivity contribution in [2.45, 2.75) is 38.0 Å². The van der Waals surface area contributed by atoms with E-state index < -0.39 is 6.10 Å². The van der Waals surface area contributed by atoms with Gasteiger partial charge in [0.25, 0.3) is 0 Å². The van der Waals surface area contributed by atoms with Crippen LogP contribution in [0.4, 0.5) is 0 Å². The molecule has 2 rings (SSSR count). The molecule has 116 valence electrons. The largest absolute Gasteiger partial charge is 0.392 e. The SMILES string of the molecule is C[C@H](OCCCNC(=O)[C@H]1C[C@H](O)CN1)c1ccccc1. The summed E-state index contributed by atoms with van der Waals surface area (Å²) in [5.41, 5.74) is 1.16.